The third-order valence-corrected chi connectivity index (χ3v) is 3.57. The zero-order valence-electron chi connectivity index (χ0n) is 10.7. The molecule has 0 amide bonds. The Morgan fingerprint density at radius 3 is 2.72 bits per heavy atom. The monoisotopic (exact) mass is 248 g/mol. The molecule has 1 aromatic carbocycles. The Balaban J connectivity index is 1.99. The fourth-order valence-corrected chi connectivity index (χ4v) is 2.59. The van der Waals surface area contributed by atoms with E-state index in [1.807, 2.05) is 18.2 Å². The average molecular weight is 248 g/mol. The predicted octanol–water partition coefficient (Wildman–Crippen LogP) is 0.866. The lowest BCUT2D eigenvalue weighted by Gasteiger charge is -2.15. The quantitative estimate of drug-likeness (QED) is 0.803. The molecule has 98 valence electrons. The van der Waals surface area contributed by atoms with Gasteiger partial charge in [-0.15, -0.1) is 0 Å². The lowest BCUT2D eigenvalue weighted by atomic mass is 9.97. The highest BCUT2D eigenvalue weighted by Crippen LogP contribution is 2.25. The molecule has 0 aliphatic carbocycles. The smallest absolute Gasteiger partial charge is 0.310 e. The normalized spacial score (nSPS) is 24.1. The van der Waals surface area contributed by atoms with Crippen LogP contribution in [0.15, 0.2) is 30.3 Å². The molecule has 1 saturated heterocycles. The molecule has 1 heterocycles. The molecule has 0 aromatic heterocycles. The molecule has 2 rings (SSSR count). The van der Waals surface area contributed by atoms with Gasteiger partial charge in [-0.25, -0.2) is 0 Å². The predicted molar refractivity (Wildman–Crippen MR) is 69.8 cm³/mol. The third kappa shape index (κ3) is 2.89. The van der Waals surface area contributed by atoms with Crippen LogP contribution < -0.4 is 5.73 Å². The van der Waals surface area contributed by atoms with Gasteiger partial charge in [0.15, 0.2) is 0 Å². The van der Waals surface area contributed by atoms with Crippen molar-refractivity contribution in [3.8, 4) is 0 Å². The number of hydrogen-bond acceptors (Lipinski definition) is 4. The molecule has 18 heavy (non-hydrogen) atoms. The minimum absolute atomic E-state index is 0.0799. The van der Waals surface area contributed by atoms with Crippen molar-refractivity contribution < 1.29 is 9.53 Å². The summed E-state index contributed by atoms with van der Waals surface area (Å²) in [5, 5.41) is 0. The third-order valence-electron chi connectivity index (χ3n) is 3.57. The van der Waals surface area contributed by atoms with Crippen molar-refractivity contribution in [2.45, 2.75) is 6.54 Å². The number of carbonyl (C=O) groups is 1. The molecule has 4 heteroatoms. The maximum Gasteiger partial charge on any atom is 0.310 e. The van der Waals surface area contributed by atoms with Crippen molar-refractivity contribution in [1.29, 1.82) is 0 Å². The van der Waals surface area contributed by atoms with Crippen molar-refractivity contribution in [1.82, 2.24) is 4.90 Å². The minimum Gasteiger partial charge on any atom is -0.469 e. The van der Waals surface area contributed by atoms with E-state index in [0.29, 0.717) is 6.54 Å². The molecular weight excluding hydrogens is 228 g/mol. The standard InChI is InChI=1S/C14H20N2O2/c1-18-14(17)13-10-16(9-12(13)7-15)8-11-5-3-2-4-6-11/h2-6,12-13H,7-10,15H2,1H3/t12-,13-/m1/s1. The number of hydrogen-bond donors (Lipinski definition) is 1. The van der Waals surface area contributed by atoms with Gasteiger partial charge < -0.3 is 10.5 Å². The van der Waals surface area contributed by atoms with Crippen LogP contribution in [0.4, 0.5) is 0 Å². The van der Waals surface area contributed by atoms with Crippen LogP contribution >= 0.6 is 0 Å². The molecule has 1 aliphatic rings. The fraction of sp³-hybridized carbons (Fsp3) is 0.500. The first-order chi connectivity index (χ1) is 8.74. The van der Waals surface area contributed by atoms with E-state index in [1.165, 1.54) is 12.7 Å². The first-order valence-corrected chi connectivity index (χ1v) is 6.28. The largest absolute Gasteiger partial charge is 0.469 e. The van der Waals surface area contributed by atoms with Gasteiger partial charge in [-0.3, -0.25) is 9.69 Å². The summed E-state index contributed by atoms with van der Waals surface area (Å²) >= 11 is 0. The first-order valence-electron chi connectivity index (χ1n) is 6.28. The van der Waals surface area contributed by atoms with Gasteiger partial charge >= 0.3 is 5.97 Å². The number of rotatable bonds is 4. The molecule has 1 aliphatic heterocycles. The number of likely N-dealkylation sites (tertiary alicyclic amines) is 1. The maximum atomic E-state index is 11.7. The number of esters is 1. The van der Waals surface area contributed by atoms with Gasteiger partial charge in [0.2, 0.25) is 0 Å². The summed E-state index contributed by atoms with van der Waals surface area (Å²) in [7, 11) is 1.44. The molecule has 0 radical (unpaired) electrons. The fourth-order valence-electron chi connectivity index (χ4n) is 2.59. The lowest BCUT2D eigenvalue weighted by Crippen LogP contribution is -2.28. The molecule has 4 nitrogen and oxygen atoms in total. The van der Waals surface area contributed by atoms with Gasteiger partial charge in [0.05, 0.1) is 13.0 Å². The minimum atomic E-state index is -0.138. The van der Waals surface area contributed by atoms with Crippen LogP contribution in [-0.4, -0.2) is 37.6 Å². The Kier molecular flexibility index (Phi) is 4.33. The first kappa shape index (κ1) is 13.1. The van der Waals surface area contributed by atoms with Gasteiger partial charge in [0.25, 0.3) is 0 Å². The van der Waals surface area contributed by atoms with Gasteiger partial charge in [-0.05, 0) is 18.0 Å². The molecule has 2 N–H and O–H groups in total. The molecule has 0 saturated carbocycles. The molecular formula is C14H20N2O2. The van der Waals surface area contributed by atoms with Gasteiger partial charge in [-0.2, -0.15) is 0 Å². The number of methoxy groups -OCH3 is 1. The van der Waals surface area contributed by atoms with Crippen LogP contribution in [0, 0.1) is 11.8 Å². The number of nitrogens with two attached hydrogens (primary N) is 1. The second-order valence-corrected chi connectivity index (χ2v) is 4.81. The second kappa shape index (κ2) is 5.98. The van der Waals surface area contributed by atoms with Crippen LogP contribution in [0.3, 0.4) is 0 Å². The van der Waals surface area contributed by atoms with Crippen molar-refractivity contribution in [3.63, 3.8) is 0 Å². The number of nitrogens with zero attached hydrogens (tertiary/aromatic N) is 1. The van der Waals surface area contributed by atoms with E-state index in [-0.39, 0.29) is 17.8 Å². The Morgan fingerprint density at radius 1 is 1.39 bits per heavy atom. The molecule has 1 fully saturated rings. The highest BCUT2D eigenvalue weighted by Gasteiger charge is 2.37. The summed E-state index contributed by atoms with van der Waals surface area (Å²) in [6, 6.07) is 10.3. The maximum absolute atomic E-state index is 11.7. The Hall–Kier alpha value is -1.39. The SMILES string of the molecule is COC(=O)[C@@H]1CN(Cc2ccccc2)C[C@H]1CN. The average Bonchev–Trinajstić information content (AvgIpc) is 2.82. The molecule has 1 aromatic rings. The zero-order chi connectivity index (χ0) is 13.0. The summed E-state index contributed by atoms with van der Waals surface area (Å²) < 4.78 is 4.84. The highest BCUT2D eigenvalue weighted by molar-refractivity contribution is 5.73. The van der Waals surface area contributed by atoms with E-state index in [2.05, 4.69) is 17.0 Å². The van der Waals surface area contributed by atoms with Gasteiger partial charge in [0, 0.05) is 19.6 Å². The Morgan fingerprint density at radius 2 is 2.11 bits per heavy atom. The highest BCUT2D eigenvalue weighted by atomic mass is 16.5. The van der Waals surface area contributed by atoms with Crippen molar-refractivity contribution in [2.24, 2.45) is 17.6 Å². The van der Waals surface area contributed by atoms with E-state index in [0.717, 1.165) is 19.6 Å². The topological polar surface area (TPSA) is 55.6 Å². The van der Waals surface area contributed by atoms with E-state index < -0.39 is 0 Å². The van der Waals surface area contributed by atoms with Crippen molar-refractivity contribution in [2.75, 3.05) is 26.7 Å². The molecule has 0 spiro atoms. The summed E-state index contributed by atoms with van der Waals surface area (Å²) in [6.07, 6.45) is 0. The van der Waals surface area contributed by atoms with E-state index in [1.54, 1.807) is 0 Å². The van der Waals surface area contributed by atoms with Crippen molar-refractivity contribution in [3.05, 3.63) is 35.9 Å². The number of carbonyl (C=O) groups excluding carboxylic acids is 1. The van der Waals surface area contributed by atoms with Crippen LogP contribution in [-0.2, 0) is 16.1 Å². The van der Waals surface area contributed by atoms with Crippen LogP contribution in [0.25, 0.3) is 0 Å². The number of benzene rings is 1. The van der Waals surface area contributed by atoms with E-state index >= 15 is 0 Å². The number of ether oxygens (including phenoxy) is 1. The summed E-state index contributed by atoms with van der Waals surface area (Å²) in [4.78, 5) is 13.9. The van der Waals surface area contributed by atoms with Gasteiger partial charge in [-0.1, -0.05) is 30.3 Å². The molecule has 0 unspecified atom stereocenters. The van der Waals surface area contributed by atoms with Crippen LogP contribution in [0.5, 0.6) is 0 Å². The summed E-state index contributed by atoms with van der Waals surface area (Å²) in [6.45, 7) is 3.00. The molecule has 0 bridgehead atoms. The van der Waals surface area contributed by atoms with Gasteiger partial charge in [0.1, 0.15) is 0 Å². The second-order valence-electron chi connectivity index (χ2n) is 4.81. The summed E-state index contributed by atoms with van der Waals surface area (Å²) in [5.74, 6) is -0.00844. The van der Waals surface area contributed by atoms with Crippen molar-refractivity contribution >= 4 is 5.97 Å². The Labute approximate surface area is 108 Å². The molecule has 2 atom stereocenters. The lowest BCUT2D eigenvalue weighted by molar-refractivity contribution is -0.146. The summed E-state index contributed by atoms with van der Waals surface area (Å²) in [5.41, 5.74) is 7.00. The van der Waals surface area contributed by atoms with E-state index in [4.69, 9.17) is 10.5 Å². The van der Waals surface area contributed by atoms with E-state index in [9.17, 15) is 4.79 Å². The zero-order valence-corrected chi connectivity index (χ0v) is 10.7. The Bertz CT molecular complexity index is 394. The van der Waals surface area contributed by atoms with Crippen LogP contribution in [0.1, 0.15) is 5.56 Å². The van der Waals surface area contributed by atoms with Crippen LogP contribution in [0.2, 0.25) is 0 Å².